The second-order valence-corrected chi connectivity index (χ2v) is 8.84. The number of hydrogen-bond donors (Lipinski definition) is 1. The van der Waals surface area contributed by atoms with Gasteiger partial charge in [-0.3, -0.25) is 9.69 Å². The molecular weight excluding hydrogens is 401 g/mol. The van der Waals surface area contributed by atoms with Crippen molar-refractivity contribution < 1.29 is 9.18 Å². The number of aromatic nitrogens is 2. The number of thiophene rings is 1. The van der Waals surface area contributed by atoms with Crippen molar-refractivity contribution in [2.24, 2.45) is 5.92 Å². The van der Waals surface area contributed by atoms with E-state index in [1.807, 2.05) is 5.38 Å². The number of anilines is 1. The number of rotatable bonds is 6. The lowest BCUT2D eigenvalue weighted by molar-refractivity contribution is -0.123. The largest absolute Gasteiger partial charge is 0.353 e. The van der Waals surface area contributed by atoms with Crippen LogP contribution in [-0.4, -0.2) is 53.5 Å². The zero-order valence-electron chi connectivity index (χ0n) is 17.2. The number of fused-ring (bicyclic) bond motifs is 1. The van der Waals surface area contributed by atoms with Gasteiger partial charge < -0.3 is 10.2 Å². The third-order valence-corrected chi connectivity index (χ3v) is 6.31. The summed E-state index contributed by atoms with van der Waals surface area (Å²) in [5.74, 6) is 0.908. The summed E-state index contributed by atoms with van der Waals surface area (Å²) in [6.07, 6.45) is 1.62. The summed E-state index contributed by atoms with van der Waals surface area (Å²) in [6.45, 7) is 7.70. The van der Waals surface area contributed by atoms with E-state index in [1.54, 1.807) is 29.8 Å². The molecule has 1 fully saturated rings. The molecule has 3 heterocycles. The van der Waals surface area contributed by atoms with E-state index in [9.17, 15) is 9.18 Å². The number of amides is 1. The summed E-state index contributed by atoms with van der Waals surface area (Å²) in [5.41, 5.74) is 0.924. The van der Waals surface area contributed by atoms with Crippen LogP contribution in [0.3, 0.4) is 0 Å². The Balaban J connectivity index is 1.33. The normalized spacial score (nSPS) is 16.2. The van der Waals surface area contributed by atoms with Crippen LogP contribution in [0.4, 0.5) is 10.2 Å². The van der Waals surface area contributed by atoms with Gasteiger partial charge in [0.05, 0.1) is 18.0 Å². The van der Waals surface area contributed by atoms with Crippen LogP contribution in [0.15, 0.2) is 42.0 Å². The molecule has 1 aliphatic rings. The van der Waals surface area contributed by atoms with Gasteiger partial charge in [0, 0.05) is 26.2 Å². The van der Waals surface area contributed by atoms with Crippen molar-refractivity contribution in [3.05, 3.63) is 53.4 Å². The summed E-state index contributed by atoms with van der Waals surface area (Å²) in [4.78, 5) is 26.9. The predicted octanol–water partition coefficient (Wildman–Crippen LogP) is 3.47. The fraction of sp³-hybridized carbons (Fsp3) is 0.409. The average molecular weight is 428 g/mol. The number of nitrogens with zero attached hydrogens (tertiary/aromatic N) is 4. The lowest BCUT2D eigenvalue weighted by Gasteiger charge is -2.35. The lowest BCUT2D eigenvalue weighted by atomic mass is 9.96. The number of carbonyl (C=O) groups is 1. The molecule has 0 bridgehead atoms. The zero-order chi connectivity index (χ0) is 21.1. The van der Waals surface area contributed by atoms with Gasteiger partial charge in [-0.25, -0.2) is 14.4 Å². The highest BCUT2D eigenvalue weighted by atomic mass is 32.1. The number of halogens is 1. The van der Waals surface area contributed by atoms with Crippen molar-refractivity contribution in [3.63, 3.8) is 0 Å². The Morgan fingerprint density at radius 1 is 1.13 bits per heavy atom. The van der Waals surface area contributed by atoms with Gasteiger partial charge in [0.1, 0.15) is 22.8 Å². The minimum atomic E-state index is -0.270. The van der Waals surface area contributed by atoms with Crippen LogP contribution < -0.4 is 10.2 Å². The molecule has 1 saturated heterocycles. The summed E-state index contributed by atoms with van der Waals surface area (Å²) in [5, 5.41) is 6.26. The molecule has 0 spiro atoms. The highest BCUT2D eigenvalue weighted by molar-refractivity contribution is 7.16. The quantitative estimate of drug-likeness (QED) is 0.653. The van der Waals surface area contributed by atoms with Gasteiger partial charge in [-0.05, 0) is 35.1 Å². The monoisotopic (exact) mass is 427 g/mol. The highest BCUT2D eigenvalue weighted by Crippen LogP contribution is 2.27. The molecule has 2 aromatic heterocycles. The molecule has 1 aliphatic heterocycles. The molecule has 0 aliphatic carbocycles. The molecule has 0 radical (unpaired) electrons. The van der Waals surface area contributed by atoms with Gasteiger partial charge >= 0.3 is 0 Å². The Morgan fingerprint density at radius 3 is 2.57 bits per heavy atom. The topological polar surface area (TPSA) is 61.4 Å². The number of benzene rings is 1. The minimum absolute atomic E-state index is 0.00580. The molecule has 1 unspecified atom stereocenters. The first kappa shape index (κ1) is 20.7. The molecule has 158 valence electrons. The van der Waals surface area contributed by atoms with E-state index in [2.05, 4.69) is 45.0 Å². The molecule has 30 heavy (non-hydrogen) atoms. The van der Waals surface area contributed by atoms with E-state index in [0.29, 0.717) is 6.54 Å². The molecular formula is C22H26FN5OS. The SMILES string of the molecule is CC(C)C(NC(=O)CN1CCN(c2ncnc3sccc23)CC1)c1ccc(F)cc1. The number of hydrogen-bond acceptors (Lipinski definition) is 6. The van der Waals surface area contributed by atoms with Gasteiger partial charge in [0.2, 0.25) is 5.91 Å². The van der Waals surface area contributed by atoms with Crippen LogP contribution in [0.1, 0.15) is 25.5 Å². The predicted molar refractivity (Wildman–Crippen MR) is 118 cm³/mol. The summed E-state index contributed by atoms with van der Waals surface area (Å²) in [6, 6.07) is 8.29. The zero-order valence-corrected chi connectivity index (χ0v) is 18.0. The Labute approximate surface area is 179 Å². The highest BCUT2D eigenvalue weighted by Gasteiger charge is 2.24. The Kier molecular flexibility index (Phi) is 6.24. The number of carbonyl (C=O) groups excluding carboxylic acids is 1. The van der Waals surface area contributed by atoms with Crippen LogP contribution in [0.25, 0.3) is 10.2 Å². The summed E-state index contributed by atoms with van der Waals surface area (Å²) in [7, 11) is 0. The molecule has 1 amide bonds. The number of piperazine rings is 1. The Bertz CT molecular complexity index is 998. The van der Waals surface area contributed by atoms with E-state index in [-0.39, 0.29) is 23.7 Å². The third-order valence-electron chi connectivity index (χ3n) is 5.49. The van der Waals surface area contributed by atoms with Crippen LogP contribution in [0.2, 0.25) is 0 Å². The molecule has 1 atom stereocenters. The van der Waals surface area contributed by atoms with Gasteiger partial charge in [0.25, 0.3) is 0 Å². The minimum Gasteiger partial charge on any atom is -0.353 e. The molecule has 0 saturated carbocycles. The summed E-state index contributed by atoms with van der Waals surface area (Å²) >= 11 is 1.62. The Morgan fingerprint density at radius 2 is 1.87 bits per heavy atom. The second-order valence-electron chi connectivity index (χ2n) is 7.94. The Hall–Kier alpha value is -2.58. The molecule has 1 aromatic carbocycles. The first-order valence-corrected chi connectivity index (χ1v) is 11.1. The first-order chi connectivity index (χ1) is 14.5. The molecule has 6 nitrogen and oxygen atoms in total. The standard InChI is InChI=1S/C22H26FN5OS/c1-15(2)20(16-3-5-17(23)6-4-16)26-19(29)13-27-8-10-28(11-9-27)21-18-7-12-30-22(18)25-14-24-21/h3-7,12,14-15,20H,8-11,13H2,1-2H3,(H,26,29). The maximum Gasteiger partial charge on any atom is 0.234 e. The van der Waals surface area contributed by atoms with Crippen molar-refractivity contribution in [2.45, 2.75) is 19.9 Å². The van der Waals surface area contributed by atoms with Crippen LogP contribution in [0, 0.1) is 11.7 Å². The number of nitrogens with one attached hydrogen (secondary N) is 1. The van der Waals surface area contributed by atoms with Crippen molar-refractivity contribution in [2.75, 3.05) is 37.6 Å². The fourth-order valence-corrected chi connectivity index (χ4v) is 4.60. The maximum atomic E-state index is 13.2. The van der Waals surface area contributed by atoms with Crippen LogP contribution in [-0.2, 0) is 4.79 Å². The van der Waals surface area contributed by atoms with E-state index in [0.717, 1.165) is 47.8 Å². The van der Waals surface area contributed by atoms with Crippen LogP contribution >= 0.6 is 11.3 Å². The molecule has 3 aromatic rings. The first-order valence-electron chi connectivity index (χ1n) is 10.2. The van der Waals surface area contributed by atoms with Gasteiger partial charge in [-0.15, -0.1) is 11.3 Å². The van der Waals surface area contributed by atoms with Gasteiger partial charge in [0.15, 0.2) is 0 Å². The van der Waals surface area contributed by atoms with E-state index < -0.39 is 0 Å². The second kappa shape index (κ2) is 9.06. The van der Waals surface area contributed by atoms with Crippen molar-refractivity contribution in [1.29, 1.82) is 0 Å². The smallest absolute Gasteiger partial charge is 0.234 e. The van der Waals surface area contributed by atoms with E-state index in [1.165, 1.54) is 12.1 Å². The van der Waals surface area contributed by atoms with Crippen molar-refractivity contribution in [1.82, 2.24) is 20.2 Å². The summed E-state index contributed by atoms with van der Waals surface area (Å²) < 4.78 is 13.2. The third kappa shape index (κ3) is 4.60. The van der Waals surface area contributed by atoms with Crippen molar-refractivity contribution in [3.8, 4) is 0 Å². The molecule has 1 N–H and O–H groups in total. The fourth-order valence-electron chi connectivity index (χ4n) is 3.87. The maximum absolute atomic E-state index is 13.2. The van der Waals surface area contributed by atoms with E-state index in [4.69, 9.17) is 0 Å². The van der Waals surface area contributed by atoms with Crippen LogP contribution in [0.5, 0.6) is 0 Å². The average Bonchev–Trinajstić information content (AvgIpc) is 3.22. The molecule has 8 heteroatoms. The van der Waals surface area contributed by atoms with E-state index >= 15 is 0 Å². The van der Waals surface area contributed by atoms with Gasteiger partial charge in [-0.2, -0.15) is 0 Å². The molecule has 4 rings (SSSR count). The van der Waals surface area contributed by atoms with Gasteiger partial charge in [-0.1, -0.05) is 26.0 Å². The van der Waals surface area contributed by atoms with Crippen molar-refractivity contribution >= 4 is 33.3 Å². The lowest BCUT2D eigenvalue weighted by Crippen LogP contribution is -2.50.